The number of fused-ring (bicyclic) bond motifs is 1. The molecule has 0 aromatic heterocycles. The van der Waals surface area contributed by atoms with Crippen LogP contribution in [0.3, 0.4) is 0 Å². The Balaban J connectivity index is 1.64. The standard InChI is InChI=1S/C23H21F6N3O3/c1-12(13-7-15(22(24,25)26)9-16(8-13)23(27,28)29)35-11-21(14-5-3-2-4-6-14)10-17-18(19(33)32-21)31-20(34)30-17/h2-9,12,17-18H,10-11H2,1H3,(H,32,33)(H2,30,31,34)/t12-,17?,18-,21-/m1/s1. The highest BCUT2D eigenvalue weighted by Crippen LogP contribution is 2.39. The minimum absolute atomic E-state index is 0.0545. The van der Waals surface area contributed by atoms with Crippen molar-refractivity contribution in [3.05, 3.63) is 70.8 Å². The SMILES string of the molecule is C[C@@H](OC[C@@]1(c2ccccc2)CC2NC(=O)N[C@H]2C(=O)N1)c1cc(C(F)(F)F)cc(C(F)(F)F)c1. The Bertz CT molecular complexity index is 1090. The van der Waals surface area contributed by atoms with E-state index in [1.54, 1.807) is 30.3 Å². The molecule has 0 radical (unpaired) electrons. The number of benzene rings is 2. The van der Waals surface area contributed by atoms with Gasteiger partial charge in [-0.25, -0.2) is 4.79 Å². The number of amides is 3. The molecule has 2 aromatic carbocycles. The third kappa shape index (κ3) is 5.07. The fourth-order valence-electron chi connectivity index (χ4n) is 4.40. The van der Waals surface area contributed by atoms with E-state index in [0.29, 0.717) is 17.7 Å². The van der Waals surface area contributed by atoms with E-state index < -0.39 is 59.1 Å². The summed E-state index contributed by atoms with van der Waals surface area (Å²) >= 11 is 0. The Morgan fingerprint density at radius 2 is 1.57 bits per heavy atom. The molecule has 1 unspecified atom stereocenters. The summed E-state index contributed by atoms with van der Waals surface area (Å²) in [5, 5.41) is 8.01. The van der Waals surface area contributed by atoms with Gasteiger partial charge >= 0.3 is 18.4 Å². The van der Waals surface area contributed by atoms with E-state index >= 15 is 0 Å². The van der Waals surface area contributed by atoms with Gasteiger partial charge in [0.05, 0.1) is 35.4 Å². The van der Waals surface area contributed by atoms with Gasteiger partial charge in [0, 0.05) is 0 Å². The zero-order valence-electron chi connectivity index (χ0n) is 18.3. The fourth-order valence-corrected chi connectivity index (χ4v) is 4.40. The Morgan fingerprint density at radius 3 is 2.14 bits per heavy atom. The van der Waals surface area contributed by atoms with Crippen LogP contribution < -0.4 is 16.0 Å². The Labute approximate surface area is 196 Å². The molecule has 0 spiro atoms. The van der Waals surface area contributed by atoms with Crippen LogP contribution in [0.25, 0.3) is 0 Å². The van der Waals surface area contributed by atoms with E-state index in [-0.39, 0.29) is 24.7 Å². The quantitative estimate of drug-likeness (QED) is 0.536. The molecule has 0 saturated carbocycles. The minimum atomic E-state index is -4.99. The molecule has 2 fully saturated rings. The molecule has 2 saturated heterocycles. The zero-order chi connectivity index (χ0) is 25.6. The molecule has 2 aromatic rings. The number of ether oxygens (including phenoxy) is 1. The van der Waals surface area contributed by atoms with Crippen molar-refractivity contribution in [2.45, 2.75) is 49.4 Å². The Morgan fingerprint density at radius 1 is 0.971 bits per heavy atom. The third-order valence-corrected chi connectivity index (χ3v) is 6.20. The number of halogens is 6. The van der Waals surface area contributed by atoms with Crippen molar-refractivity contribution in [2.24, 2.45) is 0 Å². The molecule has 3 N–H and O–H groups in total. The number of piperidine rings is 1. The molecule has 0 aliphatic carbocycles. The molecule has 6 nitrogen and oxygen atoms in total. The number of hydrogen-bond acceptors (Lipinski definition) is 3. The summed E-state index contributed by atoms with van der Waals surface area (Å²) in [6.45, 7) is 1.07. The van der Waals surface area contributed by atoms with Crippen molar-refractivity contribution < 1.29 is 40.7 Å². The molecule has 3 amide bonds. The van der Waals surface area contributed by atoms with Crippen molar-refractivity contribution in [3.8, 4) is 0 Å². The van der Waals surface area contributed by atoms with E-state index in [9.17, 15) is 35.9 Å². The van der Waals surface area contributed by atoms with Crippen LogP contribution in [-0.4, -0.2) is 30.6 Å². The number of carbonyl (C=O) groups is 2. The highest BCUT2D eigenvalue weighted by atomic mass is 19.4. The normalized spacial score (nSPS) is 25.3. The number of carbonyl (C=O) groups excluding carboxylic acids is 2. The van der Waals surface area contributed by atoms with Gasteiger partial charge in [0.25, 0.3) is 0 Å². The number of nitrogens with one attached hydrogen (secondary N) is 3. The first-order valence-corrected chi connectivity index (χ1v) is 10.6. The first-order valence-electron chi connectivity index (χ1n) is 10.6. The lowest BCUT2D eigenvalue weighted by atomic mass is 9.79. The lowest BCUT2D eigenvalue weighted by Gasteiger charge is -2.43. The summed E-state index contributed by atoms with van der Waals surface area (Å²) < 4.78 is 85.4. The van der Waals surface area contributed by atoms with Crippen LogP contribution in [0.15, 0.2) is 48.5 Å². The largest absolute Gasteiger partial charge is 0.416 e. The number of urea groups is 1. The lowest BCUT2D eigenvalue weighted by molar-refractivity contribution is -0.143. The van der Waals surface area contributed by atoms with Crippen molar-refractivity contribution in [1.82, 2.24) is 16.0 Å². The van der Waals surface area contributed by atoms with Gasteiger partial charge in [-0.3, -0.25) is 4.79 Å². The highest BCUT2D eigenvalue weighted by molar-refractivity contribution is 5.92. The van der Waals surface area contributed by atoms with Crippen LogP contribution >= 0.6 is 0 Å². The van der Waals surface area contributed by atoms with Crippen molar-refractivity contribution >= 4 is 11.9 Å². The monoisotopic (exact) mass is 501 g/mol. The molecule has 2 aliphatic rings. The Kier molecular flexibility index (Phi) is 6.20. The number of hydrogen-bond donors (Lipinski definition) is 3. The molecular formula is C23H21F6N3O3. The van der Waals surface area contributed by atoms with E-state index in [4.69, 9.17) is 4.74 Å². The molecule has 2 heterocycles. The molecule has 188 valence electrons. The summed E-state index contributed by atoms with van der Waals surface area (Å²) in [4.78, 5) is 24.5. The van der Waals surface area contributed by atoms with Gasteiger partial charge in [0.1, 0.15) is 6.04 Å². The van der Waals surface area contributed by atoms with Gasteiger partial charge in [0.15, 0.2) is 0 Å². The second-order valence-corrected chi connectivity index (χ2v) is 8.64. The summed E-state index contributed by atoms with van der Waals surface area (Å²) in [6.07, 6.45) is -11.0. The van der Waals surface area contributed by atoms with Crippen LogP contribution in [0.4, 0.5) is 31.1 Å². The van der Waals surface area contributed by atoms with Crippen LogP contribution in [0.5, 0.6) is 0 Å². The average Bonchev–Trinajstić information content (AvgIpc) is 3.17. The van der Waals surface area contributed by atoms with E-state index in [2.05, 4.69) is 16.0 Å². The smallest absolute Gasteiger partial charge is 0.371 e. The molecule has 4 atom stereocenters. The van der Waals surface area contributed by atoms with Crippen molar-refractivity contribution in [1.29, 1.82) is 0 Å². The fraction of sp³-hybridized carbons (Fsp3) is 0.391. The molecule has 4 rings (SSSR count). The van der Waals surface area contributed by atoms with Crippen LogP contribution in [0, 0.1) is 0 Å². The minimum Gasteiger partial charge on any atom is -0.371 e. The summed E-state index contributed by atoms with van der Waals surface area (Å²) in [6, 6.07) is 7.98. The second-order valence-electron chi connectivity index (χ2n) is 8.64. The van der Waals surface area contributed by atoms with E-state index in [1.165, 1.54) is 6.92 Å². The zero-order valence-corrected chi connectivity index (χ0v) is 18.3. The first kappa shape index (κ1) is 24.8. The maximum atomic E-state index is 13.3. The van der Waals surface area contributed by atoms with Crippen molar-refractivity contribution in [2.75, 3.05) is 6.61 Å². The molecule has 0 bridgehead atoms. The van der Waals surface area contributed by atoms with Gasteiger partial charge in [-0.05, 0) is 42.7 Å². The summed E-state index contributed by atoms with van der Waals surface area (Å²) in [5.74, 6) is -0.488. The Hall–Kier alpha value is -3.28. The van der Waals surface area contributed by atoms with Gasteiger partial charge in [-0.1, -0.05) is 30.3 Å². The van der Waals surface area contributed by atoms with E-state index in [1.807, 2.05) is 0 Å². The predicted octanol–water partition coefficient (Wildman–Crippen LogP) is 4.27. The molecule has 35 heavy (non-hydrogen) atoms. The maximum absolute atomic E-state index is 13.3. The van der Waals surface area contributed by atoms with Gasteiger partial charge in [-0.15, -0.1) is 0 Å². The van der Waals surface area contributed by atoms with Crippen molar-refractivity contribution in [3.63, 3.8) is 0 Å². The number of alkyl halides is 6. The van der Waals surface area contributed by atoms with E-state index in [0.717, 1.165) is 0 Å². The maximum Gasteiger partial charge on any atom is 0.416 e. The lowest BCUT2D eigenvalue weighted by Crippen LogP contribution is -2.64. The topological polar surface area (TPSA) is 79.5 Å². The average molecular weight is 501 g/mol. The summed E-state index contributed by atoms with van der Waals surface area (Å²) in [5.41, 5.74) is -3.76. The highest BCUT2D eigenvalue weighted by Gasteiger charge is 2.50. The van der Waals surface area contributed by atoms with Crippen LogP contribution in [-0.2, 0) is 27.4 Å². The molecular weight excluding hydrogens is 480 g/mol. The summed E-state index contributed by atoms with van der Waals surface area (Å²) in [7, 11) is 0. The van der Waals surface area contributed by atoms with Gasteiger partial charge in [0.2, 0.25) is 5.91 Å². The van der Waals surface area contributed by atoms with Gasteiger partial charge in [-0.2, -0.15) is 26.3 Å². The van der Waals surface area contributed by atoms with Gasteiger partial charge < -0.3 is 20.7 Å². The number of rotatable bonds is 5. The predicted molar refractivity (Wildman–Crippen MR) is 111 cm³/mol. The van der Waals surface area contributed by atoms with Crippen LogP contribution in [0.2, 0.25) is 0 Å². The molecule has 12 heteroatoms. The molecule has 2 aliphatic heterocycles. The third-order valence-electron chi connectivity index (χ3n) is 6.20. The first-order chi connectivity index (χ1) is 16.3. The second kappa shape index (κ2) is 8.74. The van der Waals surface area contributed by atoms with Crippen LogP contribution in [0.1, 0.15) is 41.7 Å².